The Morgan fingerprint density at radius 3 is 2.80 bits per heavy atom. The standard InChI is InChI=1S/C12H9ClNO/c13-11-7-4-8-14-12(11)15-9-10-5-2-1-3-6-10/h1-3,5-8H,9H2. The number of benzene rings is 1. The van der Waals surface area contributed by atoms with Crippen molar-refractivity contribution < 1.29 is 4.74 Å². The predicted molar refractivity (Wildman–Crippen MR) is 58.9 cm³/mol. The van der Waals surface area contributed by atoms with Crippen LogP contribution in [0.1, 0.15) is 5.56 Å². The summed E-state index contributed by atoms with van der Waals surface area (Å²) in [5.74, 6) is 0.444. The molecule has 1 heterocycles. The third kappa shape index (κ3) is 2.70. The Bertz CT molecular complexity index is 431. The van der Waals surface area contributed by atoms with E-state index in [2.05, 4.69) is 11.1 Å². The van der Waals surface area contributed by atoms with Crippen LogP contribution in [0.3, 0.4) is 0 Å². The first-order valence-electron chi connectivity index (χ1n) is 4.54. The summed E-state index contributed by atoms with van der Waals surface area (Å²) in [6, 6.07) is 14.3. The van der Waals surface area contributed by atoms with Gasteiger partial charge < -0.3 is 4.74 Å². The zero-order valence-corrected chi connectivity index (χ0v) is 8.74. The van der Waals surface area contributed by atoms with Gasteiger partial charge in [0.15, 0.2) is 0 Å². The molecular formula is C12H9ClNO. The van der Waals surface area contributed by atoms with Gasteiger partial charge in [0.1, 0.15) is 11.6 Å². The van der Waals surface area contributed by atoms with E-state index in [1.54, 1.807) is 6.07 Å². The maximum atomic E-state index is 5.87. The molecule has 75 valence electrons. The number of nitrogens with zero attached hydrogens (tertiary/aromatic N) is 1. The average Bonchev–Trinajstić information content (AvgIpc) is 2.29. The average molecular weight is 219 g/mol. The van der Waals surface area contributed by atoms with Crippen LogP contribution in [0.15, 0.2) is 42.6 Å². The van der Waals surface area contributed by atoms with E-state index in [4.69, 9.17) is 16.3 Å². The molecule has 0 saturated carbocycles. The molecule has 15 heavy (non-hydrogen) atoms. The zero-order valence-electron chi connectivity index (χ0n) is 7.98. The SMILES string of the molecule is Clc1c[c]cnc1OCc1ccccc1. The molecule has 0 N–H and O–H groups in total. The summed E-state index contributed by atoms with van der Waals surface area (Å²) in [6.07, 6.45) is 1.53. The third-order valence-electron chi connectivity index (χ3n) is 1.89. The molecule has 0 aliphatic carbocycles. The van der Waals surface area contributed by atoms with Crippen molar-refractivity contribution in [3.8, 4) is 5.88 Å². The number of pyridine rings is 1. The van der Waals surface area contributed by atoms with Gasteiger partial charge in [-0.1, -0.05) is 41.9 Å². The molecule has 0 spiro atoms. The van der Waals surface area contributed by atoms with Gasteiger partial charge in [-0.2, -0.15) is 0 Å². The van der Waals surface area contributed by atoms with Crippen molar-refractivity contribution in [2.75, 3.05) is 0 Å². The molecule has 2 rings (SSSR count). The van der Waals surface area contributed by atoms with E-state index >= 15 is 0 Å². The summed E-state index contributed by atoms with van der Waals surface area (Å²) in [7, 11) is 0. The third-order valence-corrected chi connectivity index (χ3v) is 2.16. The van der Waals surface area contributed by atoms with Gasteiger partial charge in [-0.15, -0.1) is 0 Å². The van der Waals surface area contributed by atoms with Crippen LogP contribution in [-0.2, 0) is 6.61 Å². The molecule has 2 aromatic rings. The summed E-state index contributed by atoms with van der Waals surface area (Å²) in [4.78, 5) is 3.98. The maximum Gasteiger partial charge on any atom is 0.232 e. The van der Waals surface area contributed by atoms with Crippen LogP contribution >= 0.6 is 11.6 Å². The van der Waals surface area contributed by atoms with Gasteiger partial charge in [-0.3, -0.25) is 0 Å². The Labute approximate surface area is 93.5 Å². The van der Waals surface area contributed by atoms with Crippen molar-refractivity contribution in [2.24, 2.45) is 0 Å². The molecule has 1 aromatic heterocycles. The van der Waals surface area contributed by atoms with Crippen LogP contribution in [0.4, 0.5) is 0 Å². The lowest BCUT2D eigenvalue weighted by atomic mass is 10.2. The molecule has 0 fully saturated rings. The van der Waals surface area contributed by atoms with Crippen LogP contribution in [0.2, 0.25) is 5.02 Å². The Balaban J connectivity index is 2.03. The van der Waals surface area contributed by atoms with Gasteiger partial charge in [0.2, 0.25) is 5.88 Å². The van der Waals surface area contributed by atoms with Gasteiger partial charge in [-0.25, -0.2) is 4.98 Å². The molecule has 0 bridgehead atoms. The van der Waals surface area contributed by atoms with Crippen molar-refractivity contribution >= 4 is 11.6 Å². The highest BCUT2D eigenvalue weighted by atomic mass is 35.5. The molecule has 1 aromatic carbocycles. The lowest BCUT2D eigenvalue weighted by Crippen LogP contribution is -1.97. The number of aromatic nitrogens is 1. The second-order valence-electron chi connectivity index (χ2n) is 3.00. The minimum absolute atomic E-state index is 0.444. The Morgan fingerprint density at radius 1 is 1.27 bits per heavy atom. The van der Waals surface area contributed by atoms with Crippen LogP contribution in [0, 0.1) is 6.07 Å². The summed E-state index contributed by atoms with van der Waals surface area (Å²) < 4.78 is 5.46. The van der Waals surface area contributed by atoms with Gasteiger partial charge in [0.25, 0.3) is 0 Å². The molecule has 0 atom stereocenters. The van der Waals surface area contributed by atoms with Crippen LogP contribution in [0.25, 0.3) is 0 Å². The molecule has 0 saturated heterocycles. The molecule has 0 aliphatic rings. The number of rotatable bonds is 3. The topological polar surface area (TPSA) is 22.1 Å². The van der Waals surface area contributed by atoms with Crippen molar-refractivity contribution in [3.05, 3.63) is 59.2 Å². The first-order chi connectivity index (χ1) is 7.36. The fourth-order valence-electron chi connectivity index (χ4n) is 1.16. The normalized spacial score (nSPS) is 9.93. The van der Waals surface area contributed by atoms with Gasteiger partial charge >= 0.3 is 0 Å². The minimum atomic E-state index is 0.444. The number of ether oxygens (including phenoxy) is 1. The van der Waals surface area contributed by atoms with E-state index < -0.39 is 0 Å². The summed E-state index contributed by atoms with van der Waals surface area (Å²) in [6.45, 7) is 0.470. The summed E-state index contributed by atoms with van der Waals surface area (Å²) in [5.41, 5.74) is 1.09. The molecule has 0 amide bonds. The fraction of sp³-hybridized carbons (Fsp3) is 0.0833. The van der Waals surface area contributed by atoms with Crippen molar-refractivity contribution in [3.63, 3.8) is 0 Å². The van der Waals surface area contributed by atoms with E-state index in [0.717, 1.165) is 5.56 Å². The highest BCUT2D eigenvalue weighted by molar-refractivity contribution is 6.31. The summed E-state index contributed by atoms with van der Waals surface area (Å²) >= 11 is 5.87. The highest BCUT2D eigenvalue weighted by Gasteiger charge is 2.01. The Kier molecular flexibility index (Phi) is 3.20. The first kappa shape index (κ1) is 9.99. The number of hydrogen-bond acceptors (Lipinski definition) is 2. The molecule has 0 aliphatic heterocycles. The van der Waals surface area contributed by atoms with Crippen LogP contribution < -0.4 is 4.74 Å². The van der Waals surface area contributed by atoms with Gasteiger partial charge in [-0.05, 0) is 11.6 Å². The smallest absolute Gasteiger partial charge is 0.232 e. The van der Waals surface area contributed by atoms with Crippen molar-refractivity contribution in [1.82, 2.24) is 4.98 Å². The molecule has 0 unspecified atom stereocenters. The number of halogens is 1. The molecule has 1 radical (unpaired) electrons. The van der Waals surface area contributed by atoms with Gasteiger partial charge in [0.05, 0.1) is 0 Å². The second-order valence-corrected chi connectivity index (χ2v) is 3.40. The maximum absolute atomic E-state index is 5.87. The Hall–Kier alpha value is -1.54. The van der Waals surface area contributed by atoms with Crippen molar-refractivity contribution in [2.45, 2.75) is 6.61 Å². The minimum Gasteiger partial charge on any atom is -0.472 e. The zero-order chi connectivity index (χ0) is 10.5. The van der Waals surface area contributed by atoms with E-state index in [1.165, 1.54) is 6.20 Å². The largest absolute Gasteiger partial charge is 0.472 e. The summed E-state index contributed by atoms with van der Waals surface area (Å²) in [5, 5.41) is 0.480. The fourth-order valence-corrected chi connectivity index (χ4v) is 1.33. The van der Waals surface area contributed by atoms with Gasteiger partial charge in [0, 0.05) is 12.3 Å². The number of hydrogen-bond donors (Lipinski definition) is 0. The predicted octanol–water partition coefficient (Wildman–Crippen LogP) is 3.11. The quantitative estimate of drug-likeness (QED) is 0.790. The van der Waals surface area contributed by atoms with Crippen LogP contribution in [0.5, 0.6) is 5.88 Å². The van der Waals surface area contributed by atoms with E-state index in [1.807, 2.05) is 30.3 Å². The monoisotopic (exact) mass is 218 g/mol. The molecule has 3 heteroatoms. The second kappa shape index (κ2) is 4.80. The lowest BCUT2D eigenvalue weighted by Gasteiger charge is -2.05. The highest BCUT2D eigenvalue weighted by Crippen LogP contribution is 2.20. The lowest BCUT2D eigenvalue weighted by molar-refractivity contribution is 0.294. The Morgan fingerprint density at radius 2 is 2.07 bits per heavy atom. The van der Waals surface area contributed by atoms with E-state index in [-0.39, 0.29) is 0 Å². The first-order valence-corrected chi connectivity index (χ1v) is 4.92. The van der Waals surface area contributed by atoms with E-state index in [0.29, 0.717) is 17.5 Å². The van der Waals surface area contributed by atoms with E-state index in [9.17, 15) is 0 Å². The van der Waals surface area contributed by atoms with Crippen LogP contribution in [-0.4, -0.2) is 4.98 Å². The molecular weight excluding hydrogens is 210 g/mol. The van der Waals surface area contributed by atoms with Crippen molar-refractivity contribution in [1.29, 1.82) is 0 Å². The molecule has 2 nitrogen and oxygen atoms in total.